The van der Waals surface area contributed by atoms with Gasteiger partial charge in [-0.2, -0.15) is 5.10 Å². The summed E-state index contributed by atoms with van der Waals surface area (Å²) in [5, 5.41) is 7.39. The summed E-state index contributed by atoms with van der Waals surface area (Å²) in [5.74, 6) is -1.01. The van der Waals surface area contributed by atoms with E-state index >= 15 is 0 Å². The van der Waals surface area contributed by atoms with Crippen molar-refractivity contribution < 1.29 is 66.7 Å². The third-order valence-electron chi connectivity index (χ3n) is 15.1. The fourth-order valence-electron chi connectivity index (χ4n) is 10.2. The molecule has 0 unspecified atom stereocenters. The molecule has 0 radical (unpaired) electrons. The van der Waals surface area contributed by atoms with Crippen molar-refractivity contribution >= 4 is 75.3 Å². The quantitative estimate of drug-likeness (QED) is 0.00959. The Hall–Kier alpha value is -8.77. The molecule has 0 bridgehead atoms. The second-order valence-electron chi connectivity index (χ2n) is 21.3. The van der Waals surface area contributed by atoms with Gasteiger partial charge in [0.1, 0.15) is 41.3 Å². The maximum absolute atomic E-state index is 14.0. The number of benzene rings is 5. The normalized spacial score (nSPS) is 16.3. The summed E-state index contributed by atoms with van der Waals surface area (Å²) in [4.78, 5) is 89.9. The van der Waals surface area contributed by atoms with Crippen LogP contribution in [0, 0.1) is 23.7 Å². The van der Waals surface area contributed by atoms with E-state index in [0.717, 1.165) is 90.6 Å². The van der Waals surface area contributed by atoms with Crippen molar-refractivity contribution in [3.63, 3.8) is 0 Å². The molecule has 8 rings (SSSR count). The number of anilines is 1. The molecule has 2 fully saturated rings. The lowest BCUT2D eigenvalue weighted by atomic mass is 9.79. The van der Waals surface area contributed by atoms with E-state index < -0.39 is 41.6 Å². The molecular weight excluding hydrogens is 1130 g/mol. The summed E-state index contributed by atoms with van der Waals surface area (Å²) in [6, 6.07) is 37.2. The minimum atomic E-state index is -0.473. The second kappa shape index (κ2) is 35.6. The molecule has 2 aliphatic carbocycles. The third kappa shape index (κ3) is 21.6. The van der Waals surface area contributed by atoms with Crippen LogP contribution in [0.4, 0.5) is 5.13 Å². The lowest BCUT2D eigenvalue weighted by Crippen LogP contribution is -2.30. The molecule has 87 heavy (non-hydrogen) atoms. The highest BCUT2D eigenvalue weighted by molar-refractivity contribution is 7.22. The van der Waals surface area contributed by atoms with Crippen LogP contribution in [0.15, 0.2) is 152 Å². The van der Waals surface area contributed by atoms with Gasteiger partial charge in [-0.05, 0) is 181 Å². The fourth-order valence-corrected chi connectivity index (χ4v) is 11.1. The fraction of sp³-hybridized carbons (Fsp3) is 0.377. The van der Waals surface area contributed by atoms with Gasteiger partial charge in [0.15, 0.2) is 0 Å². The maximum Gasteiger partial charge on any atom is 0.330 e. The number of esters is 5. The molecule has 2 saturated carbocycles. The van der Waals surface area contributed by atoms with Crippen LogP contribution in [-0.2, 0) is 56.0 Å². The number of Topliss-reactive ketones (excluding diaryl/α,β-unsaturated/α-hetero) is 1. The molecule has 1 aromatic heterocycles. The maximum atomic E-state index is 14.0. The first-order valence-corrected chi connectivity index (χ1v) is 30.7. The summed E-state index contributed by atoms with van der Waals surface area (Å²) < 4.78 is 40.7. The Bertz CT molecular complexity index is 3190. The number of carbonyl (C=O) groups is 7. The molecule has 0 atom stereocenters. The van der Waals surface area contributed by atoms with Crippen molar-refractivity contribution in [2.75, 3.05) is 31.4 Å². The molecule has 0 aliphatic heterocycles. The van der Waals surface area contributed by atoms with Crippen molar-refractivity contribution in [3.05, 3.63) is 163 Å². The predicted octanol–water partition coefficient (Wildman–Crippen LogP) is 13.3. The van der Waals surface area contributed by atoms with Gasteiger partial charge in [0.25, 0.3) is 0 Å². The number of thiazole rings is 1. The zero-order chi connectivity index (χ0) is 61.6. The molecule has 1 heterocycles. The summed E-state index contributed by atoms with van der Waals surface area (Å²) in [7, 11) is 0. The Kier molecular flexibility index (Phi) is 26.9. The SMILES string of the molecule is C=CC(=O)OCCCCCCOc1ccc(CC(=O)C2CCC(C(=O)Oc3ccc(OC(=O)C4CCC(C(=O)Oc5ccc(OCCCCCCOC(=O)C=C)cc5)CC4)c(/C=N/N(Cc4ccccc4)c4nc5ccccc5s4)c3)CC2)cc1.C=O. The topological polar surface area (TPSA) is 213 Å². The summed E-state index contributed by atoms with van der Waals surface area (Å²) in [6.07, 6.45) is 15.1. The molecule has 2 aliphatic rings. The highest BCUT2D eigenvalue weighted by Crippen LogP contribution is 2.36. The zero-order valence-electron chi connectivity index (χ0n) is 49.2. The van der Waals surface area contributed by atoms with E-state index in [1.54, 1.807) is 53.7 Å². The summed E-state index contributed by atoms with van der Waals surface area (Å²) in [6.45, 7) is 11.0. The number of aromatic nitrogens is 1. The van der Waals surface area contributed by atoms with Crippen molar-refractivity contribution in [2.24, 2.45) is 28.8 Å². The van der Waals surface area contributed by atoms with E-state index in [0.29, 0.717) is 113 Å². The van der Waals surface area contributed by atoms with Crippen molar-refractivity contribution in [1.29, 1.82) is 0 Å². The van der Waals surface area contributed by atoms with Crippen molar-refractivity contribution in [1.82, 2.24) is 4.98 Å². The molecule has 0 amide bonds. The number of hydrogen-bond acceptors (Lipinski definition) is 18. The number of carbonyl (C=O) groups excluding carboxylic acids is 7. The minimum Gasteiger partial charge on any atom is -0.494 e. The molecule has 458 valence electrons. The van der Waals surface area contributed by atoms with E-state index in [1.165, 1.54) is 11.3 Å². The Balaban J connectivity index is 0.00000535. The van der Waals surface area contributed by atoms with Gasteiger partial charge in [-0.3, -0.25) is 19.2 Å². The molecule has 6 aromatic rings. The van der Waals surface area contributed by atoms with Gasteiger partial charge in [-0.25, -0.2) is 19.6 Å². The standard InChI is InChI=1S/C68H75N3O13S.CH2O/c1-3-63(73)80-42-16-7-5-14-40-78-55-32-22-48(23-33-55)44-60(72)50-24-26-51(27-25-50)66(76)83-58-38-39-61(54(45-58)46-69-71(47-49-18-10-9-11-19-49)68-70-59-20-12-13-21-62(59)85-68)84-67(77)53-30-28-52(29-31-53)65(75)82-57-36-34-56(35-37-57)79-41-15-6-8-17-43-81-64(74)4-2;1-2/h3-4,9-13,18-23,32-39,45-46,50-53H,1-2,5-8,14-17,24-31,40-44,47H2;1H2/b69-46+;. The Labute approximate surface area is 512 Å². The lowest BCUT2D eigenvalue weighted by molar-refractivity contribution is -0.145. The van der Waals surface area contributed by atoms with Gasteiger partial charge >= 0.3 is 29.8 Å². The molecule has 0 spiro atoms. The van der Waals surface area contributed by atoms with E-state index in [1.807, 2.05) is 85.7 Å². The minimum absolute atomic E-state index is 0.142. The van der Waals surface area contributed by atoms with E-state index in [-0.39, 0.29) is 29.2 Å². The van der Waals surface area contributed by atoms with Crippen LogP contribution >= 0.6 is 11.3 Å². The summed E-state index contributed by atoms with van der Waals surface area (Å²) >= 11 is 1.50. The summed E-state index contributed by atoms with van der Waals surface area (Å²) in [5.41, 5.74) is 3.14. The van der Waals surface area contributed by atoms with Crippen LogP contribution < -0.4 is 28.7 Å². The molecule has 18 heteroatoms. The van der Waals surface area contributed by atoms with Gasteiger partial charge in [-0.1, -0.05) is 79.1 Å². The number of para-hydroxylation sites is 1. The number of hydrogen-bond donors (Lipinski definition) is 0. The smallest absolute Gasteiger partial charge is 0.330 e. The van der Waals surface area contributed by atoms with E-state index in [9.17, 15) is 28.8 Å². The lowest BCUT2D eigenvalue weighted by Gasteiger charge is -2.26. The van der Waals surface area contributed by atoms with Gasteiger partial charge < -0.3 is 38.0 Å². The zero-order valence-corrected chi connectivity index (χ0v) is 50.0. The highest BCUT2D eigenvalue weighted by Gasteiger charge is 2.34. The monoisotopic (exact) mass is 1200 g/mol. The van der Waals surface area contributed by atoms with Crippen LogP contribution in [-0.4, -0.2) is 80.0 Å². The number of ketones is 1. The first-order chi connectivity index (χ1) is 42.5. The third-order valence-corrected chi connectivity index (χ3v) is 16.2. The number of nitrogens with zero attached hydrogens (tertiary/aromatic N) is 3. The predicted molar refractivity (Wildman–Crippen MR) is 333 cm³/mol. The molecule has 0 saturated heterocycles. The second-order valence-corrected chi connectivity index (χ2v) is 22.3. The molecule has 5 aromatic carbocycles. The van der Waals surface area contributed by atoms with Gasteiger partial charge in [0.05, 0.1) is 67.2 Å². The number of ether oxygens (including phenoxy) is 7. The Morgan fingerprint density at radius 1 is 0.517 bits per heavy atom. The Morgan fingerprint density at radius 3 is 1.54 bits per heavy atom. The van der Waals surface area contributed by atoms with Crippen LogP contribution in [0.25, 0.3) is 10.2 Å². The van der Waals surface area contributed by atoms with Gasteiger partial charge in [0.2, 0.25) is 5.13 Å². The first kappa shape index (κ1) is 65.8. The van der Waals surface area contributed by atoms with E-state index in [4.69, 9.17) is 48.0 Å². The van der Waals surface area contributed by atoms with Gasteiger partial charge in [0, 0.05) is 30.1 Å². The average molecular weight is 1200 g/mol. The van der Waals surface area contributed by atoms with Crippen LogP contribution in [0.2, 0.25) is 0 Å². The average Bonchev–Trinajstić information content (AvgIpc) is 3.32. The molecule has 17 nitrogen and oxygen atoms in total. The van der Waals surface area contributed by atoms with Crippen LogP contribution in [0.3, 0.4) is 0 Å². The number of fused-ring (bicyclic) bond motifs is 1. The first-order valence-electron chi connectivity index (χ1n) is 29.8. The number of unbranched alkanes of at least 4 members (excludes halogenated alkanes) is 6. The van der Waals surface area contributed by atoms with Gasteiger partial charge in [-0.15, -0.1) is 0 Å². The van der Waals surface area contributed by atoms with Crippen LogP contribution in [0.5, 0.6) is 28.7 Å². The van der Waals surface area contributed by atoms with Crippen LogP contribution in [0.1, 0.15) is 119 Å². The number of hydrazone groups is 1. The molecule has 0 N–H and O–H groups in total. The van der Waals surface area contributed by atoms with E-state index in [2.05, 4.69) is 13.2 Å². The Morgan fingerprint density at radius 2 is 0.989 bits per heavy atom. The number of rotatable bonds is 32. The highest BCUT2D eigenvalue weighted by atomic mass is 32.1. The largest absolute Gasteiger partial charge is 0.494 e. The molecular formula is C69H77N3O14S. The van der Waals surface area contributed by atoms with Crippen molar-refractivity contribution in [2.45, 2.75) is 116 Å². The van der Waals surface area contributed by atoms with Crippen molar-refractivity contribution in [3.8, 4) is 28.7 Å².